The van der Waals surface area contributed by atoms with E-state index in [1.54, 1.807) is 0 Å². The number of halogens is 2. The molecule has 1 fully saturated rings. The number of aryl methyl sites for hydroxylation is 1. The molecule has 28 heavy (non-hydrogen) atoms. The Bertz CT molecular complexity index is 971. The maximum Gasteiger partial charge on any atom is 0.227 e. The predicted molar refractivity (Wildman–Crippen MR) is 119 cm³/mol. The van der Waals surface area contributed by atoms with Crippen LogP contribution in [0.25, 0.3) is 0 Å². The van der Waals surface area contributed by atoms with E-state index in [0.29, 0.717) is 25.9 Å². The van der Waals surface area contributed by atoms with Crippen molar-refractivity contribution in [1.29, 1.82) is 0 Å². The fourth-order valence-electron chi connectivity index (χ4n) is 3.29. The number of nitrogens with zero attached hydrogens (tertiary/aromatic N) is 1. The van der Waals surface area contributed by atoms with Gasteiger partial charge in [-0.05, 0) is 61.2 Å². The lowest BCUT2D eigenvalue weighted by Gasteiger charge is -2.30. The average Bonchev–Trinajstić information content (AvgIpc) is 2.64. The first-order valence-electron chi connectivity index (χ1n) is 9.04. The Morgan fingerprint density at radius 1 is 1.14 bits per heavy atom. The molecule has 0 bridgehead atoms. The Hall–Kier alpha value is -1.22. The Morgan fingerprint density at radius 3 is 2.50 bits per heavy atom. The molecule has 0 atom stereocenters. The fraction of sp³-hybridized carbons (Fsp3) is 0.350. The predicted octanol–water partition coefficient (Wildman–Crippen LogP) is 4.70. The van der Waals surface area contributed by atoms with Crippen LogP contribution in [0.3, 0.4) is 0 Å². The highest BCUT2D eigenvalue weighted by atomic mass is 79.9. The average molecular weight is 530 g/mol. The first-order chi connectivity index (χ1) is 13.2. The normalized spacial score (nSPS) is 16.1. The van der Waals surface area contributed by atoms with Crippen LogP contribution in [0.2, 0.25) is 0 Å². The van der Waals surface area contributed by atoms with E-state index in [2.05, 4.69) is 37.2 Å². The summed E-state index contributed by atoms with van der Waals surface area (Å²) in [6.07, 6.45) is 1.05. The van der Waals surface area contributed by atoms with Crippen LogP contribution in [0.15, 0.2) is 51.4 Å². The van der Waals surface area contributed by atoms with E-state index in [4.69, 9.17) is 0 Å². The van der Waals surface area contributed by atoms with Gasteiger partial charge < -0.3 is 5.32 Å². The van der Waals surface area contributed by atoms with Gasteiger partial charge >= 0.3 is 0 Å². The van der Waals surface area contributed by atoms with E-state index >= 15 is 0 Å². The van der Waals surface area contributed by atoms with Crippen LogP contribution in [0.5, 0.6) is 0 Å². The zero-order valence-corrected chi connectivity index (χ0v) is 19.5. The molecule has 3 rings (SSSR count). The number of anilines is 1. The molecule has 5 nitrogen and oxygen atoms in total. The Kier molecular flexibility index (Phi) is 6.96. The molecule has 0 saturated carbocycles. The number of nitrogens with one attached hydrogen (secondary N) is 1. The Labute approximate surface area is 182 Å². The van der Waals surface area contributed by atoms with Crippen LogP contribution in [0.4, 0.5) is 5.69 Å². The summed E-state index contributed by atoms with van der Waals surface area (Å²) in [7, 11) is -3.40. The SMILES string of the molecule is Cc1cc(NC(=O)C2CCN(S(=O)(=O)Cc3cccc(Br)c3)CC2)ccc1Br. The number of benzene rings is 2. The minimum absolute atomic E-state index is 0.0263. The minimum atomic E-state index is -3.40. The Morgan fingerprint density at radius 2 is 1.86 bits per heavy atom. The zero-order valence-electron chi connectivity index (χ0n) is 15.5. The summed E-state index contributed by atoms with van der Waals surface area (Å²) >= 11 is 6.82. The fourth-order valence-corrected chi connectivity index (χ4v) is 5.54. The summed E-state index contributed by atoms with van der Waals surface area (Å²) in [5.74, 6) is -0.256. The van der Waals surface area contributed by atoms with Crippen LogP contribution in [-0.4, -0.2) is 31.7 Å². The van der Waals surface area contributed by atoms with Crippen LogP contribution in [0.1, 0.15) is 24.0 Å². The van der Waals surface area contributed by atoms with Gasteiger partial charge in [-0.25, -0.2) is 12.7 Å². The van der Waals surface area contributed by atoms with Crippen LogP contribution in [-0.2, 0) is 20.6 Å². The number of hydrogen-bond acceptors (Lipinski definition) is 3. The van der Waals surface area contributed by atoms with E-state index in [9.17, 15) is 13.2 Å². The van der Waals surface area contributed by atoms with E-state index in [0.717, 1.165) is 25.8 Å². The molecule has 2 aromatic rings. The third kappa shape index (κ3) is 5.43. The number of hydrogen-bond donors (Lipinski definition) is 1. The van der Waals surface area contributed by atoms with E-state index in [-0.39, 0.29) is 17.6 Å². The second-order valence-electron chi connectivity index (χ2n) is 7.01. The molecule has 8 heteroatoms. The largest absolute Gasteiger partial charge is 0.326 e. The number of carbonyl (C=O) groups excluding carboxylic acids is 1. The number of sulfonamides is 1. The van der Waals surface area contributed by atoms with Gasteiger partial charge in [0, 0.05) is 33.6 Å². The lowest BCUT2D eigenvalue weighted by molar-refractivity contribution is -0.120. The van der Waals surface area contributed by atoms with E-state index in [1.807, 2.05) is 49.4 Å². The molecular weight excluding hydrogens is 508 g/mol. The first kappa shape index (κ1) is 21.5. The second kappa shape index (κ2) is 9.07. The van der Waals surface area contributed by atoms with Crippen molar-refractivity contribution in [2.45, 2.75) is 25.5 Å². The van der Waals surface area contributed by atoms with Crippen molar-refractivity contribution >= 4 is 53.5 Å². The van der Waals surface area contributed by atoms with Crippen LogP contribution < -0.4 is 5.32 Å². The quantitative estimate of drug-likeness (QED) is 0.610. The van der Waals surface area contributed by atoms with Gasteiger partial charge in [0.15, 0.2) is 0 Å². The van der Waals surface area contributed by atoms with Gasteiger partial charge in [-0.2, -0.15) is 0 Å². The van der Waals surface area contributed by atoms with E-state index < -0.39 is 10.0 Å². The number of carbonyl (C=O) groups is 1. The maximum atomic E-state index is 12.7. The minimum Gasteiger partial charge on any atom is -0.326 e. The van der Waals surface area contributed by atoms with Crippen molar-refractivity contribution in [3.8, 4) is 0 Å². The van der Waals surface area contributed by atoms with Crippen LogP contribution >= 0.6 is 31.9 Å². The molecule has 1 amide bonds. The topological polar surface area (TPSA) is 66.5 Å². The van der Waals surface area contributed by atoms with Gasteiger partial charge in [-0.1, -0.05) is 44.0 Å². The molecule has 1 aliphatic heterocycles. The summed E-state index contributed by atoms with van der Waals surface area (Å²) in [5, 5.41) is 2.95. The summed E-state index contributed by atoms with van der Waals surface area (Å²) in [4.78, 5) is 12.6. The van der Waals surface area contributed by atoms with Crippen molar-refractivity contribution in [2.24, 2.45) is 5.92 Å². The first-order valence-corrected chi connectivity index (χ1v) is 12.2. The Balaban J connectivity index is 1.57. The highest BCUT2D eigenvalue weighted by Crippen LogP contribution is 2.25. The van der Waals surface area contributed by atoms with Crippen molar-refractivity contribution in [2.75, 3.05) is 18.4 Å². The summed E-state index contributed by atoms with van der Waals surface area (Å²) in [6, 6.07) is 13.0. The van der Waals surface area contributed by atoms with Gasteiger partial charge in [0.25, 0.3) is 0 Å². The second-order valence-corrected chi connectivity index (χ2v) is 10.8. The van der Waals surface area contributed by atoms with Crippen molar-refractivity contribution < 1.29 is 13.2 Å². The molecule has 0 aromatic heterocycles. The molecule has 1 N–H and O–H groups in total. The lowest BCUT2D eigenvalue weighted by atomic mass is 9.97. The van der Waals surface area contributed by atoms with Crippen molar-refractivity contribution in [3.63, 3.8) is 0 Å². The third-order valence-corrected chi connectivity index (χ3v) is 8.11. The summed E-state index contributed by atoms with van der Waals surface area (Å²) in [6.45, 7) is 2.70. The molecule has 1 saturated heterocycles. The standard InChI is InChI=1S/C20H22Br2N2O3S/c1-14-11-18(5-6-19(14)22)23-20(25)16-7-9-24(10-8-16)28(26,27)13-15-3-2-4-17(21)12-15/h2-6,11-12,16H,7-10,13H2,1H3,(H,23,25). The molecule has 0 radical (unpaired) electrons. The van der Waals surface area contributed by atoms with Gasteiger partial charge in [0.05, 0.1) is 5.75 Å². The van der Waals surface area contributed by atoms with Crippen LogP contribution in [0, 0.1) is 12.8 Å². The van der Waals surface area contributed by atoms with Gasteiger partial charge in [0.1, 0.15) is 0 Å². The lowest BCUT2D eigenvalue weighted by Crippen LogP contribution is -2.41. The highest BCUT2D eigenvalue weighted by Gasteiger charge is 2.31. The number of amides is 1. The maximum absolute atomic E-state index is 12.7. The van der Waals surface area contributed by atoms with Gasteiger partial charge in [-0.15, -0.1) is 0 Å². The summed E-state index contributed by atoms with van der Waals surface area (Å²) in [5.41, 5.74) is 2.56. The molecular formula is C20H22Br2N2O3S. The van der Waals surface area contributed by atoms with Gasteiger partial charge in [-0.3, -0.25) is 4.79 Å². The third-order valence-electron chi connectivity index (χ3n) is 4.88. The van der Waals surface area contributed by atoms with Crippen molar-refractivity contribution in [1.82, 2.24) is 4.31 Å². The van der Waals surface area contributed by atoms with Gasteiger partial charge in [0.2, 0.25) is 15.9 Å². The number of rotatable bonds is 5. The van der Waals surface area contributed by atoms with E-state index in [1.165, 1.54) is 4.31 Å². The summed E-state index contributed by atoms with van der Waals surface area (Å²) < 4.78 is 28.8. The molecule has 0 aliphatic carbocycles. The molecule has 2 aromatic carbocycles. The number of piperidine rings is 1. The molecule has 0 spiro atoms. The monoisotopic (exact) mass is 528 g/mol. The van der Waals surface area contributed by atoms with Crippen molar-refractivity contribution in [3.05, 3.63) is 62.5 Å². The molecule has 0 unspecified atom stereocenters. The molecule has 1 aliphatic rings. The highest BCUT2D eigenvalue weighted by molar-refractivity contribution is 9.10. The zero-order chi connectivity index (χ0) is 20.3. The smallest absolute Gasteiger partial charge is 0.227 e. The molecule has 1 heterocycles. The molecule has 150 valence electrons.